The van der Waals surface area contributed by atoms with Crippen LogP contribution in [0.4, 0.5) is 4.39 Å². The second-order valence-electron chi connectivity index (χ2n) is 5.99. The van der Waals surface area contributed by atoms with Gasteiger partial charge in [0.1, 0.15) is 5.82 Å². The summed E-state index contributed by atoms with van der Waals surface area (Å²) in [6, 6.07) is 4.90. The van der Waals surface area contributed by atoms with Gasteiger partial charge in [-0.25, -0.2) is 4.39 Å². The Kier molecular flexibility index (Phi) is 5.05. The Morgan fingerprint density at radius 3 is 2.55 bits per heavy atom. The van der Waals surface area contributed by atoms with Crippen LogP contribution in [0, 0.1) is 5.82 Å². The second-order valence-corrected chi connectivity index (χ2v) is 6.39. The number of nitrogens with one attached hydrogen (secondary N) is 1. The summed E-state index contributed by atoms with van der Waals surface area (Å²) >= 11 is 6.22. The summed E-state index contributed by atoms with van der Waals surface area (Å²) in [4.78, 5) is 2.33. The van der Waals surface area contributed by atoms with Gasteiger partial charge in [-0.3, -0.25) is 0 Å². The zero-order chi connectivity index (χ0) is 14.8. The first-order valence-corrected chi connectivity index (χ1v) is 7.66. The molecule has 0 aromatic heterocycles. The van der Waals surface area contributed by atoms with Gasteiger partial charge < -0.3 is 10.2 Å². The summed E-state index contributed by atoms with van der Waals surface area (Å²) in [7, 11) is 6.27. The van der Waals surface area contributed by atoms with Crippen molar-refractivity contribution >= 4 is 11.6 Å². The molecule has 0 spiro atoms. The van der Waals surface area contributed by atoms with E-state index in [1.54, 1.807) is 12.1 Å². The molecule has 0 aliphatic heterocycles. The van der Waals surface area contributed by atoms with Gasteiger partial charge in [0.25, 0.3) is 0 Å². The Hall–Kier alpha value is -0.640. The number of nitrogens with zero attached hydrogens (tertiary/aromatic N) is 1. The first-order chi connectivity index (χ1) is 9.49. The van der Waals surface area contributed by atoms with E-state index in [1.165, 1.54) is 31.7 Å². The minimum Gasteiger partial charge on any atom is -0.315 e. The Morgan fingerprint density at radius 1 is 1.35 bits per heavy atom. The summed E-state index contributed by atoms with van der Waals surface area (Å²) < 4.78 is 13.4. The molecule has 112 valence electrons. The minimum absolute atomic E-state index is 0.143. The molecule has 1 fully saturated rings. The van der Waals surface area contributed by atoms with Crippen molar-refractivity contribution in [2.24, 2.45) is 0 Å². The molecule has 1 aliphatic carbocycles. The SMILES string of the molecule is CNC(Cc1cc(F)ccc1Cl)C1(N(C)C)CCCC1. The van der Waals surface area contributed by atoms with E-state index in [9.17, 15) is 4.39 Å². The molecule has 0 heterocycles. The highest BCUT2D eigenvalue weighted by atomic mass is 35.5. The summed E-state index contributed by atoms with van der Waals surface area (Å²) in [5.74, 6) is -0.218. The molecule has 1 atom stereocenters. The van der Waals surface area contributed by atoms with Crippen molar-refractivity contribution in [3.05, 3.63) is 34.6 Å². The van der Waals surface area contributed by atoms with Crippen LogP contribution in [0.3, 0.4) is 0 Å². The predicted octanol–water partition coefficient (Wildman–Crippen LogP) is 3.48. The molecule has 1 aromatic carbocycles. The lowest BCUT2D eigenvalue weighted by Crippen LogP contribution is -2.57. The molecule has 0 bridgehead atoms. The molecule has 20 heavy (non-hydrogen) atoms. The van der Waals surface area contributed by atoms with Crippen LogP contribution < -0.4 is 5.32 Å². The van der Waals surface area contributed by atoms with Crippen molar-refractivity contribution in [3.63, 3.8) is 0 Å². The monoisotopic (exact) mass is 298 g/mol. The van der Waals surface area contributed by atoms with E-state index >= 15 is 0 Å². The van der Waals surface area contributed by atoms with Crippen molar-refractivity contribution < 1.29 is 4.39 Å². The molecule has 4 heteroatoms. The van der Waals surface area contributed by atoms with Crippen molar-refractivity contribution in [1.29, 1.82) is 0 Å². The Bertz CT molecular complexity index is 456. The van der Waals surface area contributed by atoms with Crippen LogP contribution in [-0.2, 0) is 6.42 Å². The highest BCUT2D eigenvalue weighted by molar-refractivity contribution is 6.31. The van der Waals surface area contributed by atoms with Crippen LogP contribution >= 0.6 is 11.6 Å². The van der Waals surface area contributed by atoms with Gasteiger partial charge in [0, 0.05) is 16.6 Å². The van der Waals surface area contributed by atoms with E-state index in [-0.39, 0.29) is 17.4 Å². The quantitative estimate of drug-likeness (QED) is 0.895. The average Bonchev–Trinajstić information content (AvgIpc) is 2.90. The molecule has 1 aliphatic rings. The lowest BCUT2D eigenvalue weighted by Gasteiger charge is -2.43. The first kappa shape index (κ1) is 15.7. The largest absolute Gasteiger partial charge is 0.315 e. The number of hydrogen-bond acceptors (Lipinski definition) is 2. The summed E-state index contributed by atoms with van der Waals surface area (Å²) in [6.45, 7) is 0. The number of hydrogen-bond donors (Lipinski definition) is 1. The van der Waals surface area contributed by atoms with Gasteiger partial charge in [0.2, 0.25) is 0 Å². The molecular formula is C16H24ClFN2. The highest BCUT2D eigenvalue weighted by Crippen LogP contribution is 2.38. The molecule has 1 N–H and O–H groups in total. The zero-order valence-electron chi connectivity index (χ0n) is 12.5. The van der Waals surface area contributed by atoms with Gasteiger partial charge in [-0.15, -0.1) is 0 Å². The maximum Gasteiger partial charge on any atom is 0.123 e. The lowest BCUT2D eigenvalue weighted by atomic mass is 9.83. The Balaban J connectivity index is 2.26. The second kappa shape index (κ2) is 6.42. The fourth-order valence-corrected chi connectivity index (χ4v) is 3.77. The molecule has 0 radical (unpaired) electrons. The van der Waals surface area contributed by atoms with Crippen LogP contribution in [0.1, 0.15) is 31.2 Å². The van der Waals surface area contributed by atoms with E-state index in [0.717, 1.165) is 12.0 Å². The predicted molar refractivity (Wildman–Crippen MR) is 82.8 cm³/mol. The molecular weight excluding hydrogens is 275 g/mol. The molecule has 1 saturated carbocycles. The van der Waals surface area contributed by atoms with Gasteiger partial charge in [-0.2, -0.15) is 0 Å². The van der Waals surface area contributed by atoms with E-state index in [4.69, 9.17) is 11.6 Å². The molecule has 0 amide bonds. The number of rotatable bonds is 5. The lowest BCUT2D eigenvalue weighted by molar-refractivity contribution is 0.108. The maximum absolute atomic E-state index is 13.4. The Labute approximate surface area is 126 Å². The van der Waals surface area contributed by atoms with Crippen molar-refractivity contribution in [2.75, 3.05) is 21.1 Å². The zero-order valence-corrected chi connectivity index (χ0v) is 13.3. The third-order valence-electron chi connectivity index (χ3n) is 4.79. The molecule has 1 aromatic rings. The fourth-order valence-electron chi connectivity index (χ4n) is 3.57. The summed E-state index contributed by atoms with van der Waals surface area (Å²) in [5, 5.41) is 4.09. The van der Waals surface area contributed by atoms with Gasteiger partial charge in [0.05, 0.1) is 0 Å². The molecule has 1 unspecified atom stereocenters. The van der Waals surface area contributed by atoms with E-state index in [0.29, 0.717) is 5.02 Å². The van der Waals surface area contributed by atoms with Gasteiger partial charge >= 0.3 is 0 Å². The highest BCUT2D eigenvalue weighted by Gasteiger charge is 2.42. The van der Waals surface area contributed by atoms with Crippen molar-refractivity contribution in [3.8, 4) is 0 Å². The number of likely N-dealkylation sites (N-methyl/N-ethyl adjacent to an activating group) is 2. The molecule has 2 nitrogen and oxygen atoms in total. The standard InChI is InChI=1S/C16H24ClFN2/c1-19-15(16(20(2)3)8-4-5-9-16)11-12-10-13(18)6-7-14(12)17/h6-7,10,15,19H,4-5,8-9,11H2,1-3H3. The third-order valence-corrected chi connectivity index (χ3v) is 5.16. The van der Waals surface area contributed by atoms with Gasteiger partial charge in [-0.1, -0.05) is 24.4 Å². The summed E-state index contributed by atoms with van der Waals surface area (Å²) in [6.07, 6.45) is 5.63. The van der Waals surface area contributed by atoms with Crippen LogP contribution in [0.5, 0.6) is 0 Å². The average molecular weight is 299 g/mol. The summed E-state index contributed by atoms with van der Waals surface area (Å²) in [5.41, 5.74) is 1.03. The molecule has 0 saturated heterocycles. The van der Waals surface area contributed by atoms with Crippen LogP contribution in [0.15, 0.2) is 18.2 Å². The number of benzene rings is 1. The van der Waals surface area contributed by atoms with E-state index < -0.39 is 0 Å². The number of halogens is 2. The topological polar surface area (TPSA) is 15.3 Å². The van der Waals surface area contributed by atoms with Crippen LogP contribution in [-0.4, -0.2) is 37.6 Å². The van der Waals surface area contributed by atoms with Gasteiger partial charge in [-0.05, 0) is 64.2 Å². The molecule has 2 rings (SSSR count). The minimum atomic E-state index is -0.218. The van der Waals surface area contributed by atoms with Crippen molar-refractivity contribution in [1.82, 2.24) is 10.2 Å². The van der Waals surface area contributed by atoms with Crippen molar-refractivity contribution in [2.45, 2.75) is 43.7 Å². The van der Waals surface area contributed by atoms with E-state index in [2.05, 4.69) is 24.3 Å². The van der Waals surface area contributed by atoms with E-state index in [1.807, 2.05) is 7.05 Å². The maximum atomic E-state index is 13.4. The van der Waals surface area contributed by atoms with Crippen LogP contribution in [0.25, 0.3) is 0 Å². The smallest absolute Gasteiger partial charge is 0.123 e. The van der Waals surface area contributed by atoms with Crippen LogP contribution in [0.2, 0.25) is 5.02 Å². The third kappa shape index (κ3) is 3.00. The normalized spacial score (nSPS) is 19.5. The Morgan fingerprint density at radius 2 is 2.00 bits per heavy atom. The van der Waals surface area contributed by atoms with Gasteiger partial charge in [0.15, 0.2) is 0 Å². The first-order valence-electron chi connectivity index (χ1n) is 7.28. The fraction of sp³-hybridized carbons (Fsp3) is 0.625.